The average molecular weight is 169 g/mol. The minimum atomic E-state index is 0. The van der Waals surface area contributed by atoms with Gasteiger partial charge in [-0.2, -0.15) is 0 Å². The largest absolute Gasteiger partial charge is 0.308 e. The summed E-state index contributed by atoms with van der Waals surface area (Å²) >= 11 is 0. The van der Waals surface area contributed by atoms with Crippen LogP contribution in [0.1, 0.15) is 35.1 Å². The summed E-state index contributed by atoms with van der Waals surface area (Å²) in [5.41, 5.74) is 1.02. The van der Waals surface area contributed by atoms with E-state index in [0.717, 1.165) is 5.57 Å². The molecule has 0 spiro atoms. The number of nitrogens with one attached hydrogen (secondary N) is 1. The molecule has 0 unspecified atom stereocenters. The molecule has 0 aromatic carbocycles. The molecule has 72 valence electrons. The van der Waals surface area contributed by atoms with Gasteiger partial charge in [0.25, 0.3) is 0 Å². The molecule has 0 heterocycles. The molecule has 0 saturated carbocycles. The SMILES string of the molecule is C.C=C/C=C(\C=N)C(C)C.CC. The highest BCUT2D eigenvalue weighted by molar-refractivity contribution is 5.76. The summed E-state index contributed by atoms with van der Waals surface area (Å²) < 4.78 is 0. The van der Waals surface area contributed by atoms with E-state index in [2.05, 4.69) is 20.4 Å². The standard InChI is InChI=1S/C8H13N.C2H6.CH4/c1-4-5-8(6-9)7(2)3;1-2;/h4-7,9H,1H2,2-3H3;1-2H3;1H4/b8-5+,9-6?;;. The monoisotopic (exact) mass is 169 g/mol. The Labute approximate surface area is 77.7 Å². The molecule has 0 amide bonds. The first-order valence-electron chi connectivity index (χ1n) is 4.05. The summed E-state index contributed by atoms with van der Waals surface area (Å²) in [7, 11) is 0. The molecule has 0 fully saturated rings. The van der Waals surface area contributed by atoms with Crippen molar-refractivity contribution in [1.82, 2.24) is 0 Å². The molecule has 1 heteroatoms. The van der Waals surface area contributed by atoms with E-state index in [1.807, 2.05) is 19.9 Å². The minimum absolute atomic E-state index is 0. The van der Waals surface area contributed by atoms with Crippen molar-refractivity contribution < 1.29 is 0 Å². The third-order valence-corrected chi connectivity index (χ3v) is 1.14. The van der Waals surface area contributed by atoms with Crippen LogP contribution in [0.4, 0.5) is 0 Å². The highest BCUT2D eigenvalue weighted by Gasteiger charge is 1.95. The first kappa shape index (κ1) is 17.3. The van der Waals surface area contributed by atoms with Crippen LogP contribution in [0.2, 0.25) is 0 Å². The fourth-order valence-electron chi connectivity index (χ4n) is 0.543. The maximum Gasteiger partial charge on any atom is 0.0212 e. The van der Waals surface area contributed by atoms with Crippen LogP contribution in [0.15, 0.2) is 24.3 Å². The van der Waals surface area contributed by atoms with Gasteiger partial charge in [0, 0.05) is 6.21 Å². The zero-order valence-electron chi connectivity index (χ0n) is 8.02. The quantitative estimate of drug-likeness (QED) is 0.486. The molecule has 0 aromatic rings. The van der Waals surface area contributed by atoms with Gasteiger partial charge in [0.05, 0.1) is 0 Å². The Kier molecular flexibility index (Phi) is 18.4. The van der Waals surface area contributed by atoms with E-state index in [1.54, 1.807) is 6.08 Å². The van der Waals surface area contributed by atoms with Crippen molar-refractivity contribution in [3.8, 4) is 0 Å². The van der Waals surface area contributed by atoms with Crippen LogP contribution >= 0.6 is 0 Å². The second-order valence-electron chi connectivity index (χ2n) is 2.20. The number of allylic oxidation sites excluding steroid dienone is 3. The summed E-state index contributed by atoms with van der Waals surface area (Å²) in [6.07, 6.45) is 4.93. The van der Waals surface area contributed by atoms with Gasteiger partial charge in [0.2, 0.25) is 0 Å². The molecule has 1 nitrogen and oxygen atoms in total. The average Bonchev–Trinajstić information content (AvgIpc) is 2.03. The maximum atomic E-state index is 6.95. The third-order valence-electron chi connectivity index (χ3n) is 1.14. The first-order chi connectivity index (χ1) is 5.22. The van der Waals surface area contributed by atoms with Crippen molar-refractivity contribution >= 4 is 6.21 Å². The van der Waals surface area contributed by atoms with Crippen LogP contribution in [0.5, 0.6) is 0 Å². The van der Waals surface area contributed by atoms with Crippen LogP contribution in [0, 0.1) is 11.3 Å². The lowest BCUT2D eigenvalue weighted by Crippen LogP contribution is -1.93. The lowest BCUT2D eigenvalue weighted by molar-refractivity contribution is 0.806. The van der Waals surface area contributed by atoms with E-state index in [9.17, 15) is 0 Å². The van der Waals surface area contributed by atoms with Gasteiger partial charge in [-0.15, -0.1) is 0 Å². The van der Waals surface area contributed by atoms with Gasteiger partial charge in [0.15, 0.2) is 0 Å². The molecular weight excluding hydrogens is 146 g/mol. The Hall–Kier alpha value is -0.850. The topological polar surface area (TPSA) is 23.9 Å². The van der Waals surface area contributed by atoms with E-state index in [0.29, 0.717) is 5.92 Å². The van der Waals surface area contributed by atoms with Gasteiger partial charge in [0.1, 0.15) is 0 Å². The van der Waals surface area contributed by atoms with Gasteiger partial charge >= 0.3 is 0 Å². The van der Waals surface area contributed by atoms with Crippen LogP contribution < -0.4 is 0 Å². The molecule has 1 N–H and O–H groups in total. The zero-order valence-corrected chi connectivity index (χ0v) is 8.02. The lowest BCUT2D eigenvalue weighted by atomic mass is 10.0. The molecule has 0 rings (SSSR count). The van der Waals surface area contributed by atoms with Crippen molar-refractivity contribution in [2.75, 3.05) is 0 Å². The first-order valence-corrected chi connectivity index (χ1v) is 4.05. The molecule has 0 aliphatic heterocycles. The number of hydrogen-bond acceptors (Lipinski definition) is 1. The molecule has 0 saturated heterocycles. The highest BCUT2D eigenvalue weighted by atomic mass is 14.3. The molecule has 0 aromatic heterocycles. The molecule has 0 aliphatic carbocycles. The van der Waals surface area contributed by atoms with Crippen LogP contribution in [-0.4, -0.2) is 6.21 Å². The van der Waals surface area contributed by atoms with Crippen LogP contribution in [0.25, 0.3) is 0 Å². The van der Waals surface area contributed by atoms with Gasteiger partial charge < -0.3 is 5.41 Å². The summed E-state index contributed by atoms with van der Waals surface area (Å²) in [5, 5.41) is 6.95. The normalized spacial score (nSPS) is 9.25. The maximum absolute atomic E-state index is 6.95. The van der Waals surface area contributed by atoms with E-state index in [1.165, 1.54) is 6.21 Å². The summed E-state index contributed by atoms with van der Waals surface area (Å²) in [4.78, 5) is 0. The van der Waals surface area contributed by atoms with Gasteiger partial charge in [-0.05, 0) is 11.5 Å². The van der Waals surface area contributed by atoms with E-state index < -0.39 is 0 Å². The summed E-state index contributed by atoms with van der Waals surface area (Å²) in [6.45, 7) is 11.7. The zero-order chi connectivity index (χ0) is 9.28. The number of hydrogen-bond donors (Lipinski definition) is 1. The van der Waals surface area contributed by atoms with Crippen LogP contribution in [-0.2, 0) is 0 Å². The predicted molar refractivity (Wildman–Crippen MR) is 60.0 cm³/mol. The van der Waals surface area contributed by atoms with Gasteiger partial charge in [-0.3, -0.25) is 0 Å². The molecule has 0 aliphatic rings. The summed E-state index contributed by atoms with van der Waals surface area (Å²) in [5.74, 6) is 0.431. The van der Waals surface area contributed by atoms with Gasteiger partial charge in [-0.25, -0.2) is 0 Å². The van der Waals surface area contributed by atoms with E-state index >= 15 is 0 Å². The Balaban J connectivity index is -0.000000249. The van der Waals surface area contributed by atoms with Gasteiger partial charge in [-0.1, -0.05) is 53.9 Å². The molecule has 12 heavy (non-hydrogen) atoms. The third kappa shape index (κ3) is 9.15. The Bertz CT molecular complexity index is 132. The fraction of sp³-hybridized carbons (Fsp3) is 0.545. The summed E-state index contributed by atoms with van der Waals surface area (Å²) in [6, 6.07) is 0. The molecule has 0 atom stereocenters. The predicted octanol–water partition coefficient (Wildman–Crippen LogP) is 4.07. The second-order valence-corrected chi connectivity index (χ2v) is 2.20. The molecule has 0 radical (unpaired) electrons. The van der Waals surface area contributed by atoms with Crippen molar-refractivity contribution in [3.05, 3.63) is 24.3 Å². The van der Waals surface area contributed by atoms with Crippen LogP contribution in [0.3, 0.4) is 0 Å². The fourth-order valence-corrected chi connectivity index (χ4v) is 0.543. The second kappa shape index (κ2) is 12.8. The lowest BCUT2D eigenvalue weighted by Gasteiger charge is -2.01. The Morgan fingerprint density at radius 2 is 1.75 bits per heavy atom. The van der Waals surface area contributed by atoms with Crippen molar-refractivity contribution in [2.24, 2.45) is 5.92 Å². The Morgan fingerprint density at radius 3 is 1.83 bits per heavy atom. The minimum Gasteiger partial charge on any atom is -0.308 e. The van der Waals surface area contributed by atoms with Crippen molar-refractivity contribution in [1.29, 1.82) is 5.41 Å². The Morgan fingerprint density at radius 1 is 1.33 bits per heavy atom. The highest BCUT2D eigenvalue weighted by Crippen LogP contribution is 2.05. The van der Waals surface area contributed by atoms with E-state index in [4.69, 9.17) is 5.41 Å². The van der Waals surface area contributed by atoms with E-state index in [-0.39, 0.29) is 7.43 Å². The number of rotatable bonds is 3. The molecular formula is C11H23N. The molecule has 0 bridgehead atoms. The van der Waals surface area contributed by atoms with Crippen molar-refractivity contribution in [2.45, 2.75) is 35.1 Å². The smallest absolute Gasteiger partial charge is 0.0212 e. The van der Waals surface area contributed by atoms with Crippen molar-refractivity contribution in [3.63, 3.8) is 0 Å².